The minimum atomic E-state index is 0.901. The lowest BCUT2D eigenvalue weighted by atomic mass is 9.88. The molecule has 3 saturated carbocycles. The molecule has 1 unspecified atom stereocenters. The van der Waals surface area contributed by atoms with E-state index in [1.54, 1.807) is 38.5 Å². The average Bonchev–Trinajstić information content (AvgIpc) is 2.93. The van der Waals surface area contributed by atoms with Gasteiger partial charge in [0.2, 0.25) is 0 Å². The van der Waals surface area contributed by atoms with E-state index in [2.05, 4.69) is 6.92 Å². The van der Waals surface area contributed by atoms with Gasteiger partial charge in [-0.2, -0.15) is 0 Å². The van der Waals surface area contributed by atoms with Crippen molar-refractivity contribution in [2.75, 3.05) is 0 Å². The summed E-state index contributed by atoms with van der Waals surface area (Å²) in [6.45, 7) is 2.49. The first-order valence-corrected chi connectivity index (χ1v) is 6.78. The Labute approximate surface area is 88.5 Å². The molecule has 0 nitrogen and oxygen atoms in total. The van der Waals surface area contributed by atoms with Crippen molar-refractivity contribution in [1.82, 2.24) is 0 Å². The highest BCUT2D eigenvalue weighted by Crippen LogP contribution is 2.64. The van der Waals surface area contributed by atoms with Gasteiger partial charge in [-0.3, -0.25) is 0 Å². The number of rotatable bonds is 6. The van der Waals surface area contributed by atoms with E-state index in [1.165, 1.54) is 25.2 Å². The van der Waals surface area contributed by atoms with E-state index < -0.39 is 0 Å². The molecule has 1 atom stereocenters. The zero-order chi connectivity index (χ0) is 9.60. The first-order chi connectivity index (χ1) is 6.78. The summed E-state index contributed by atoms with van der Waals surface area (Å²) in [5.41, 5.74) is 0.901. The smallest absolute Gasteiger partial charge is 0.0269 e. The molecule has 0 bridgehead atoms. The Morgan fingerprint density at radius 1 is 1.14 bits per heavy atom. The Morgan fingerprint density at radius 2 is 1.86 bits per heavy atom. The minimum Gasteiger partial charge on any atom is -0.0625 e. The van der Waals surface area contributed by atoms with Gasteiger partial charge in [0.25, 0.3) is 0 Å². The van der Waals surface area contributed by atoms with Gasteiger partial charge in [0, 0.05) is 0 Å². The van der Waals surface area contributed by atoms with E-state index in [4.69, 9.17) is 0 Å². The summed E-state index contributed by atoms with van der Waals surface area (Å²) in [5.74, 6) is 3.34. The van der Waals surface area contributed by atoms with Crippen LogP contribution in [-0.2, 0) is 0 Å². The van der Waals surface area contributed by atoms with Crippen molar-refractivity contribution in [2.24, 2.45) is 23.2 Å². The highest BCUT2D eigenvalue weighted by atomic mass is 14.6. The predicted molar refractivity (Wildman–Crippen MR) is 60.1 cm³/mol. The Hall–Kier alpha value is 0. The van der Waals surface area contributed by atoms with E-state index >= 15 is 0 Å². The molecule has 3 fully saturated rings. The molecule has 0 amide bonds. The van der Waals surface area contributed by atoms with Crippen LogP contribution in [-0.4, -0.2) is 0 Å². The van der Waals surface area contributed by atoms with E-state index in [0.717, 1.165) is 17.3 Å². The van der Waals surface area contributed by atoms with Gasteiger partial charge in [-0.25, -0.2) is 0 Å². The molecule has 0 N–H and O–H groups in total. The highest BCUT2D eigenvalue weighted by Gasteiger charge is 2.52. The molecular formula is C14H24. The van der Waals surface area contributed by atoms with Crippen LogP contribution in [0, 0.1) is 23.2 Å². The lowest BCUT2D eigenvalue weighted by Gasteiger charge is -2.17. The summed E-state index contributed by atoms with van der Waals surface area (Å²) >= 11 is 0. The fourth-order valence-corrected chi connectivity index (χ4v) is 3.29. The Balaban J connectivity index is 1.39. The van der Waals surface area contributed by atoms with Crippen LogP contribution in [0.4, 0.5) is 0 Å². The fraction of sp³-hybridized carbons (Fsp3) is 1.00. The van der Waals surface area contributed by atoms with Crippen molar-refractivity contribution in [3.63, 3.8) is 0 Å². The molecule has 3 aliphatic carbocycles. The largest absolute Gasteiger partial charge is 0.0625 e. The zero-order valence-electron chi connectivity index (χ0n) is 9.60. The van der Waals surface area contributed by atoms with Crippen LogP contribution >= 0.6 is 0 Å². The Bertz CT molecular complexity index is 206. The summed E-state index contributed by atoms with van der Waals surface area (Å²) in [6, 6.07) is 0. The van der Waals surface area contributed by atoms with Crippen molar-refractivity contribution >= 4 is 0 Å². The van der Waals surface area contributed by atoms with E-state index in [1.807, 2.05) is 0 Å². The van der Waals surface area contributed by atoms with Gasteiger partial charge in [0.15, 0.2) is 0 Å². The first kappa shape index (κ1) is 9.24. The summed E-state index contributed by atoms with van der Waals surface area (Å²) < 4.78 is 0. The monoisotopic (exact) mass is 192 g/mol. The molecular weight excluding hydrogens is 168 g/mol. The van der Waals surface area contributed by atoms with Crippen LogP contribution in [0.5, 0.6) is 0 Å². The van der Waals surface area contributed by atoms with Gasteiger partial charge >= 0.3 is 0 Å². The van der Waals surface area contributed by atoms with Crippen molar-refractivity contribution < 1.29 is 0 Å². The molecule has 0 spiro atoms. The van der Waals surface area contributed by atoms with Gasteiger partial charge < -0.3 is 0 Å². The topological polar surface area (TPSA) is 0 Å². The number of hydrogen-bond donors (Lipinski definition) is 0. The zero-order valence-corrected chi connectivity index (χ0v) is 9.60. The fourth-order valence-electron chi connectivity index (χ4n) is 3.29. The third-order valence-corrected chi connectivity index (χ3v) is 4.90. The molecule has 3 rings (SSSR count). The predicted octanol–water partition coefficient (Wildman–Crippen LogP) is 4.39. The van der Waals surface area contributed by atoms with Gasteiger partial charge in [-0.15, -0.1) is 0 Å². The quantitative estimate of drug-likeness (QED) is 0.585. The van der Waals surface area contributed by atoms with E-state index in [-0.39, 0.29) is 0 Å². The molecule has 0 radical (unpaired) electrons. The summed E-state index contributed by atoms with van der Waals surface area (Å²) in [6.07, 6.45) is 14.0. The maximum Gasteiger partial charge on any atom is -0.0269 e. The van der Waals surface area contributed by atoms with E-state index in [9.17, 15) is 0 Å². The molecule has 0 aromatic carbocycles. The van der Waals surface area contributed by atoms with Crippen molar-refractivity contribution in [3.8, 4) is 0 Å². The van der Waals surface area contributed by atoms with Crippen LogP contribution in [0.1, 0.15) is 64.7 Å². The van der Waals surface area contributed by atoms with Crippen LogP contribution in [0.2, 0.25) is 0 Å². The van der Waals surface area contributed by atoms with Crippen molar-refractivity contribution in [3.05, 3.63) is 0 Å². The van der Waals surface area contributed by atoms with Crippen LogP contribution in [0.3, 0.4) is 0 Å². The summed E-state index contributed by atoms with van der Waals surface area (Å²) in [4.78, 5) is 0. The second-order valence-corrected chi connectivity index (χ2v) is 6.46. The Kier molecular flexibility index (Phi) is 2.15. The normalized spacial score (nSPS) is 31.5. The highest BCUT2D eigenvalue weighted by molar-refractivity contribution is 5.03. The van der Waals surface area contributed by atoms with E-state index in [0.29, 0.717) is 0 Å². The van der Waals surface area contributed by atoms with Gasteiger partial charge in [-0.1, -0.05) is 26.2 Å². The molecule has 3 aliphatic rings. The molecule has 0 heterocycles. The minimum absolute atomic E-state index is 0.901. The van der Waals surface area contributed by atoms with Crippen LogP contribution in [0.15, 0.2) is 0 Å². The average molecular weight is 192 g/mol. The molecule has 14 heavy (non-hydrogen) atoms. The third-order valence-electron chi connectivity index (χ3n) is 4.90. The first-order valence-electron chi connectivity index (χ1n) is 6.78. The van der Waals surface area contributed by atoms with Gasteiger partial charge in [0.1, 0.15) is 0 Å². The summed E-state index contributed by atoms with van der Waals surface area (Å²) in [7, 11) is 0. The number of hydrogen-bond acceptors (Lipinski definition) is 0. The molecule has 0 saturated heterocycles. The van der Waals surface area contributed by atoms with Crippen LogP contribution < -0.4 is 0 Å². The second-order valence-electron chi connectivity index (χ2n) is 6.46. The molecule has 0 aliphatic heterocycles. The molecule has 0 aromatic heterocycles. The maximum atomic E-state index is 2.49. The summed E-state index contributed by atoms with van der Waals surface area (Å²) in [5, 5.41) is 0. The lowest BCUT2D eigenvalue weighted by molar-refractivity contribution is 0.338. The van der Waals surface area contributed by atoms with Gasteiger partial charge in [0.05, 0.1) is 0 Å². The standard InChI is InChI=1S/C14H24/c1-11(10-12-2-3-12)6-7-14(8-9-14)13-4-5-13/h11-13H,2-10H2,1H3. The second kappa shape index (κ2) is 3.25. The van der Waals surface area contributed by atoms with Crippen LogP contribution in [0.25, 0.3) is 0 Å². The SMILES string of the molecule is CC(CCC1(C2CC2)CC1)CC1CC1. The van der Waals surface area contributed by atoms with Crippen molar-refractivity contribution in [1.29, 1.82) is 0 Å². The molecule has 80 valence electrons. The molecule has 0 aromatic rings. The Morgan fingerprint density at radius 3 is 2.36 bits per heavy atom. The molecule has 0 heteroatoms. The lowest BCUT2D eigenvalue weighted by Crippen LogP contribution is -2.06. The van der Waals surface area contributed by atoms with Gasteiger partial charge in [-0.05, 0) is 61.7 Å². The van der Waals surface area contributed by atoms with Crippen molar-refractivity contribution in [2.45, 2.75) is 64.7 Å². The maximum absolute atomic E-state index is 2.49. The third kappa shape index (κ3) is 1.99.